The van der Waals surface area contributed by atoms with Crippen molar-refractivity contribution in [3.63, 3.8) is 0 Å². The average Bonchev–Trinajstić information content (AvgIpc) is 0.811. The molecule has 0 fully saturated rings. The summed E-state index contributed by atoms with van der Waals surface area (Å²) in [5.74, 6) is 0. The molecular weight excluding hydrogens is 222 g/mol. The van der Waals surface area contributed by atoms with E-state index in [1.54, 1.807) is 0 Å². The molecule has 0 unspecified atom stereocenters. The SMILES string of the molecule is C[CH](C)[In].Cl.Cl. The quantitative estimate of drug-likeness (QED) is 0.596. The number of hydrogen-bond acceptors (Lipinski definition) is 0. The molecule has 0 heterocycles. The van der Waals surface area contributed by atoms with Gasteiger partial charge in [-0.05, 0) is 0 Å². The van der Waals surface area contributed by atoms with E-state index in [1.807, 2.05) is 0 Å². The zero-order chi connectivity index (χ0) is 3.58. The van der Waals surface area contributed by atoms with Crippen molar-refractivity contribution >= 4 is 49.2 Å². The fraction of sp³-hybridized carbons (Fsp3) is 1.00. The Bertz CT molecular complexity index is 13.5. The Labute approximate surface area is 66.5 Å². The fourth-order valence-corrected chi connectivity index (χ4v) is 0. The van der Waals surface area contributed by atoms with E-state index >= 15 is 0 Å². The molecule has 0 atom stereocenters. The third-order valence-electron chi connectivity index (χ3n) is 0. The summed E-state index contributed by atoms with van der Waals surface area (Å²) in [7, 11) is 0. The predicted octanol–water partition coefficient (Wildman–Crippen LogP) is 1.83. The molecule has 38 valence electrons. The average molecular weight is 231 g/mol. The molecule has 0 aromatic rings. The van der Waals surface area contributed by atoms with Gasteiger partial charge in [0.2, 0.25) is 0 Å². The van der Waals surface area contributed by atoms with E-state index in [-0.39, 0.29) is 24.8 Å². The van der Waals surface area contributed by atoms with E-state index in [9.17, 15) is 0 Å². The fourth-order valence-electron chi connectivity index (χ4n) is 0. The van der Waals surface area contributed by atoms with Crippen molar-refractivity contribution < 1.29 is 0 Å². The van der Waals surface area contributed by atoms with Crippen LogP contribution in [-0.4, -0.2) is 24.4 Å². The van der Waals surface area contributed by atoms with Gasteiger partial charge in [-0.2, -0.15) is 0 Å². The molecule has 0 aliphatic rings. The molecule has 0 nitrogen and oxygen atoms in total. The van der Waals surface area contributed by atoms with Crippen molar-refractivity contribution in [2.24, 2.45) is 0 Å². The predicted molar refractivity (Wildman–Crippen MR) is 35.3 cm³/mol. The first-order valence-corrected chi connectivity index (χ1v) is 3.39. The minimum absolute atomic E-state index is 0. The second-order valence-corrected chi connectivity index (χ2v) is 5.05. The van der Waals surface area contributed by atoms with Gasteiger partial charge < -0.3 is 0 Å². The van der Waals surface area contributed by atoms with E-state index in [1.165, 1.54) is 24.4 Å². The maximum Gasteiger partial charge on any atom is -0.147 e. The van der Waals surface area contributed by atoms with E-state index in [0.717, 1.165) is 3.67 Å². The van der Waals surface area contributed by atoms with Crippen LogP contribution in [0.25, 0.3) is 0 Å². The maximum atomic E-state index is 2.22. The zero-order valence-electron chi connectivity index (χ0n) is 3.97. The molecular formula is C3H9Cl2In. The monoisotopic (exact) mass is 230 g/mol. The van der Waals surface area contributed by atoms with Crippen LogP contribution in [0.15, 0.2) is 0 Å². The van der Waals surface area contributed by atoms with Crippen LogP contribution in [0.3, 0.4) is 0 Å². The van der Waals surface area contributed by atoms with Crippen molar-refractivity contribution in [3.8, 4) is 0 Å². The van der Waals surface area contributed by atoms with Gasteiger partial charge >= 0.3 is 41.9 Å². The van der Waals surface area contributed by atoms with Gasteiger partial charge in [0.1, 0.15) is 0 Å². The van der Waals surface area contributed by atoms with Crippen molar-refractivity contribution in [1.29, 1.82) is 0 Å². The van der Waals surface area contributed by atoms with Gasteiger partial charge in [-0.3, -0.25) is 0 Å². The minimum Gasteiger partial charge on any atom is -0.147 e. The summed E-state index contributed by atoms with van der Waals surface area (Å²) in [5, 5.41) is 0. The third kappa shape index (κ3) is 51.3. The van der Waals surface area contributed by atoms with Crippen LogP contribution in [0, 0.1) is 0 Å². The largest absolute Gasteiger partial charge is 0.147 e. The van der Waals surface area contributed by atoms with Crippen LogP contribution >= 0.6 is 24.8 Å². The standard InChI is InChI=1S/C3H7.2ClH.In/c1-3-2;;;/h3H,1-2H3;2*1H;. The molecule has 0 N–H and O–H groups in total. The Morgan fingerprint density at radius 3 is 1.17 bits per heavy atom. The van der Waals surface area contributed by atoms with Crippen molar-refractivity contribution in [1.82, 2.24) is 0 Å². The summed E-state index contributed by atoms with van der Waals surface area (Å²) in [5.41, 5.74) is 0. The molecule has 0 bridgehead atoms. The molecule has 0 aliphatic heterocycles. The molecule has 6 heavy (non-hydrogen) atoms. The zero-order valence-corrected chi connectivity index (χ0v) is 8.90. The summed E-state index contributed by atoms with van der Waals surface area (Å²) >= 11 is 1.40. The number of halogens is 2. The Morgan fingerprint density at radius 2 is 1.17 bits per heavy atom. The van der Waals surface area contributed by atoms with Crippen LogP contribution in [0.2, 0.25) is 3.67 Å². The molecule has 0 saturated carbocycles. The van der Waals surface area contributed by atoms with Crippen molar-refractivity contribution in [2.45, 2.75) is 17.5 Å². The van der Waals surface area contributed by atoms with Gasteiger partial charge in [-0.15, -0.1) is 24.8 Å². The minimum atomic E-state index is 0. The molecule has 0 aromatic carbocycles. The van der Waals surface area contributed by atoms with Crippen molar-refractivity contribution in [3.05, 3.63) is 0 Å². The van der Waals surface area contributed by atoms with Crippen molar-refractivity contribution in [2.75, 3.05) is 0 Å². The van der Waals surface area contributed by atoms with E-state index in [0.29, 0.717) is 0 Å². The molecule has 0 aliphatic carbocycles. The van der Waals surface area contributed by atoms with Crippen LogP contribution in [0.1, 0.15) is 13.8 Å². The van der Waals surface area contributed by atoms with E-state index < -0.39 is 0 Å². The van der Waals surface area contributed by atoms with E-state index in [2.05, 4.69) is 13.8 Å². The Morgan fingerprint density at radius 1 is 1.17 bits per heavy atom. The first-order chi connectivity index (χ1) is 1.73. The molecule has 0 aromatic heterocycles. The molecule has 2 radical (unpaired) electrons. The summed E-state index contributed by atoms with van der Waals surface area (Å²) in [6, 6.07) is 0. The van der Waals surface area contributed by atoms with Gasteiger partial charge in [-0.25, -0.2) is 0 Å². The normalized spacial score (nSPS) is 5.83. The first kappa shape index (κ1) is 15.7. The molecule has 0 saturated heterocycles. The summed E-state index contributed by atoms with van der Waals surface area (Å²) < 4.78 is 0.963. The molecule has 0 rings (SSSR count). The van der Waals surface area contributed by atoms with Gasteiger partial charge in [-0.1, -0.05) is 0 Å². The Balaban J connectivity index is -0.0000000450. The topological polar surface area (TPSA) is 0 Å². The first-order valence-electron chi connectivity index (χ1n) is 1.49. The summed E-state index contributed by atoms with van der Waals surface area (Å²) in [6.07, 6.45) is 0. The Hall–Kier alpha value is 1.45. The van der Waals surface area contributed by atoms with Gasteiger partial charge in [0.25, 0.3) is 0 Å². The van der Waals surface area contributed by atoms with Crippen LogP contribution in [0.5, 0.6) is 0 Å². The summed E-state index contributed by atoms with van der Waals surface area (Å²) in [4.78, 5) is 0. The maximum absolute atomic E-state index is 2.22. The Kier molecular flexibility index (Phi) is 25.2. The van der Waals surface area contributed by atoms with Crippen LogP contribution < -0.4 is 0 Å². The summed E-state index contributed by atoms with van der Waals surface area (Å²) in [6.45, 7) is 4.45. The van der Waals surface area contributed by atoms with Gasteiger partial charge in [0, 0.05) is 0 Å². The molecule has 3 heteroatoms. The van der Waals surface area contributed by atoms with Crippen LogP contribution in [-0.2, 0) is 0 Å². The molecule has 0 spiro atoms. The van der Waals surface area contributed by atoms with E-state index in [4.69, 9.17) is 0 Å². The third-order valence-corrected chi connectivity index (χ3v) is 0. The number of hydrogen-bond donors (Lipinski definition) is 0. The van der Waals surface area contributed by atoms with Gasteiger partial charge in [0.15, 0.2) is 0 Å². The second kappa shape index (κ2) is 9.67. The second-order valence-electron chi connectivity index (χ2n) is 1.24. The molecule has 0 amide bonds. The van der Waals surface area contributed by atoms with Crippen LogP contribution in [0.4, 0.5) is 0 Å². The number of rotatable bonds is 0. The van der Waals surface area contributed by atoms with Gasteiger partial charge in [0.05, 0.1) is 0 Å². The smallest absolute Gasteiger partial charge is 0.147 e.